The second-order valence-electron chi connectivity index (χ2n) is 3.40. The summed E-state index contributed by atoms with van der Waals surface area (Å²) in [4.78, 5) is 26.0. The third-order valence-corrected chi connectivity index (χ3v) is 3.36. The predicted molar refractivity (Wildman–Crippen MR) is 55.7 cm³/mol. The van der Waals surface area contributed by atoms with E-state index < -0.39 is 22.7 Å². The number of aliphatic carboxylic acids is 1. The van der Waals surface area contributed by atoms with Crippen LogP contribution >= 0.6 is 11.8 Å². The Bertz CT molecular complexity index is 331. The van der Waals surface area contributed by atoms with Crippen molar-refractivity contribution in [3.8, 4) is 0 Å². The Balaban J connectivity index is 2.91. The van der Waals surface area contributed by atoms with Crippen molar-refractivity contribution in [1.82, 2.24) is 0 Å². The highest BCUT2D eigenvalue weighted by molar-refractivity contribution is 8.15. The van der Waals surface area contributed by atoms with E-state index >= 15 is 0 Å². The van der Waals surface area contributed by atoms with Crippen LogP contribution < -0.4 is 5.73 Å². The number of hydrogen-bond acceptors (Lipinski definition) is 6. The zero-order chi connectivity index (χ0) is 11.6. The first-order chi connectivity index (χ1) is 6.89. The molecule has 0 saturated carbocycles. The Labute approximate surface area is 90.9 Å². The number of methoxy groups -OCH3 is 1. The number of ether oxygens (including phenoxy) is 1. The fourth-order valence-electron chi connectivity index (χ4n) is 1.43. The van der Waals surface area contributed by atoms with E-state index in [1.165, 1.54) is 7.11 Å². The second kappa shape index (κ2) is 4.09. The molecule has 1 heterocycles. The molecule has 0 aliphatic carbocycles. The Morgan fingerprint density at radius 3 is 2.80 bits per heavy atom. The normalized spacial score (nSPS) is 29.7. The van der Waals surface area contributed by atoms with Gasteiger partial charge in [0.25, 0.3) is 0 Å². The van der Waals surface area contributed by atoms with Gasteiger partial charge in [0, 0.05) is 0 Å². The Morgan fingerprint density at radius 1 is 1.73 bits per heavy atom. The van der Waals surface area contributed by atoms with Gasteiger partial charge in [0.2, 0.25) is 0 Å². The van der Waals surface area contributed by atoms with Crippen LogP contribution in [0.2, 0.25) is 0 Å². The van der Waals surface area contributed by atoms with Crippen LogP contribution in [0.1, 0.15) is 13.3 Å². The van der Waals surface area contributed by atoms with Crippen molar-refractivity contribution >= 4 is 28.9 Å². The van der Waals surface area contributed by atoms with Crippen molar-refractivity contribution in [3.05, 3.63) is 0 Å². The second-order valence-corrected chi connectivity index (χ2v) is 4.52. The molecule has 0 spiro atoms. The van der Waals surface area contributed by atoms with E-state index in [0.717, 1.165) is 11.8 Å². The summed E-state index contributed by atoms with van der Waals surface area (Å²) in [6.45, 7) is 1.58. The summed E-state index contributed by atoms with van der Waals surface area (Å²) < 4.78 is 4.58. The molecule has 2 unspecified atom stereocenters. The maximum atomic E-state index is 11.4. The summed E-state index contributed by atoms with van der Waals surface area (Å²) in [6.07, 6.45) is -0.250. The Hall–Kier alpha value is -1.24. The highest BCUT2D eigenvalue weighted by atomic mass is 32.2. The molecule has 84 valence electrons. The molecule has 2 atom stereocenters. The number of nitrogens with zero attached hydrogens (tertiary/aromatic N) is 1. The van der Waals surface area contributed by atoms with E-state index in [4.69, 9.17) is 10.8 Å². The molecule has 15 heavy (non-hydrogen) atoms. The van der Waals surface area contributed by atoms with E-state index in [1.54, 1.807) is 6.92 Å². The molecule has 0 radical (unpaired) electrons. The maximum Gasteiger partial charge on any atom is 0.321 e. The van der Waals surface area contributed by atoms with Crippen LogP contribution in [0.15, 0.2) is 4.99 Å². The zero-order valence-electron chi connectivity index (χ0n) is 8.39. The van der Waals surface area contributed by atoms with Crippen molar-refractivity contribution in [2.45, 2.75) is 24.1 Å². The molecule has 0 bridgehead atoms. The van der Waals surface area contributed by atoms with E-state index in [1.807, 2.05) is 0 Å². The molecule has 3 N–H and O–H groups in total. The van der Waals surface area contributed by atoms with Gasteiger partial charge in [-0.2, -0.15) is 0 Å². The zero-order valence-corrected chi connectivity index (χ0v) is 9.21. The van der Waals surface area contributed by atoms with Gasteiger partial charge in [-0.05, 0) is 6.92 Å². The van der Waals surface area contributed by atoms with Crippen LogP contribution in [0.5, 0.6) is 0 Å². The minimum atomic E-state index is -1.02. The van der Waals surface area contributed by atoms with Crippen molar-refractivity contribution in [2.75, 3.05) is 7.11 Å². The van der Waals surface area contributed by atoms with Crippen LogP contribution in [0.25, 0.3) is 0 Å². The topological polar surface area (TPSA) is 102 Å². The summed E-state index contributed by atoms with van der Waals surface area (Å²) in [6, 6.07) is 0. The van der Waals surface area contributed by atoms with Gasteiger partial charge in [0.1, 0.15) is 5.25 Å². The molecule has 0 aromatic heterocycles. The lowest BCUT2D eigenvalue weighted by molar-refractivity contribution is -0.142. The Kier molecular flexibility index (Phi) is 3.23. The van der Waals surface area contributed by atoms with Gasteiger partial charge >= 0.3 is 11.9 Å². The molecule has 0 aromatic carbocycles. The lowest BCUT2D eigenvalue weighted by Crippen LogP contribution is -2.40. The molecular weight excluding hydrogens is 220 g/mol. The molecule has 6 nitrogen and oxygen atoms in total. The molecular formula is C8H12N2O4S. The van der Waals surface area contributed by atoms with E-state index in [-0.39, 0.29) is 11.6 Å². The molecule has 0 fully saturated rings. The van der Waals surface area contributed by atoms with Crippen LogP contribution in [0.4, 0.5) is 0 Å². The standard InChI is InChI=1S/C8H12N2O4S/c1-8(3-4(11)12)5(6(13)14-2)15-7(9)10-8/h5H,3H2,1-2H3,(H2,9,10)(H,11,12). The molecule has 0 saturated heterocycles. The quantitative estimate of drug-likeness (QED) is 0.654. The first-order valence-corrected chi connectivity index (χ1v) is 5.08. The van der Waals surface area contributed by atoms with Crippen molar-refractivity contribution in [2.24, 2.45) is 10.7 Å². The van der Waals surface area contributed by atoms with Crippen LogP contribution in [-0.2, 0) is 14.3 Å². The molecule has 0 aromatic rings. The number of aliphatic imine (C=N–C) groups is 1. The van der Waals surface area contributed by atoms with Gasteiger partial charge in [-0.3, -0.25) is 14.6 Å². The van der Waals surface area contributed by atoms with Gasteiger partial charge in [-0.1, -0.05) is 11.8 Å². The molecule has 7 heteroatoms. The van der Waals surface area contributed by atoms with E-state index in [2.05, 4.69) is 9.73 Å². The predicted octanol–water partition coefficient (Wildman–Crippen LogP) is -0.177. The summed E-state index contributed by atoms with van der Waals surface area (Å²) in [5.74, 6) is -1.53. The van der Waals surface area contributed by atoms with Gasteiger partial charge in [0.05, 0.1) is 19.1 Å². The molecule has 1 aliphatic rings. The first-order valence-electron chi connectivity index (χ1n) is 4.20. The van der Waals surface area contributed by atoms with Crippen molar-refractivity contribution < 1.29 is 19.4 Å². The highest BCUT2D eigenvalue weighted by Gasteiger charge is 2.47. The molecule has 1 rings (SSSR count). The van der Waals surface area contributed by atoms with E-state index in [0.29, 0.717) is 0 Å². The summed E-state index contributed by atoms with van der Waals surface area (Å²) in [7, 11) is 1.25. The van der Waals surface area contributed by atoms with Crippen LogP contribution in [0.3, 0.4) is 0 Å². The highest BCUT2D eigenvalue weighted by Crippen LogP contribution is 2.37. The minimum Gasteiger partial charge on any atom is -0.481 e. The average Bonchev–Trinajstić information content (AvgIpc) is 2.38. The Morgan fingerprint density at radius 2 is 2.33 bits per heavy atom. The van der Waals surface area contributed by atoms with Gasteiger partial charge in [-0.15, -0.1) is 0 Å². The minimum absolute atomic E-state index is 0.217. The van der Waals surface area contributed by atoms with Crippen LogP contribution in [-0.4, -0.2) is 40.1 Å². The monoisotopic (exact) mass is 232 g/mol. The number of nitrogens with two attached hydrogens (primary N) is 1. The number of thioether (sulfide) groups is 1. The lowest BCUT2D eigenvalue weighted by atomic mass is 9.94. The average molecular weight is 232 g/mol. The number of carbonyl (C=O) groups is 2. The van der Waals surface area contributed by atoms with Crippen LogP contribution in [0, 0.1) is 0 Å². The smallest absolute Gasteiger partial charge is 0.321 e. The number of rotatable bonds is 3. The van der Waals surface area contributed by atoms with Gasteiger partial charge in [0.15, 0.2) is 5.17 Å². The van der Waals surface area contributed by atoms with E-state index in [9.17, 15) is 9.59 Å². The summed E-state index contributed by atoms with van der Waals surface area (Å²) in [5, 5.41) is 8.26. The summed E-state index contributed by atoms with van der Waals surface area (Å²) in [5.41, 5.74) is 4.46. The number of esters is 1. The fraction of sp³-hybridized carbons (Fsp3) is 0.625. The van der Waals surface area contributed by atoms with Gasteiger partial charge in [-0.25, -0.2) is 0 Å². The van der Waals surface area contributed by atoms with Crippen molar-refractivity contribution in [1.29, 1.82) is 0 Å². The molecule has 1 aliphatic heterocycles. The number of carboxylic acid groups (broad SMARTS) is 1. The first kappa shape index (κ1) is 11.8. The third-order valence-electron chi connectivity index (χ3n) is 2.09. The fourth-order valence-corrected chi connectivity index (χ4v) is 2.52. The number of carboxylic acids is 1. The van der Waals surface area contributed by atoms with Gasteiger partial charge < -0.3 is 15.6 Å². The largest absolute Gasteiger partial charge is 0.481 e. The maximum absolute atomic E-state index is 11.4. The number of amidine groups is 1. The lowest BCUT2D eigenvalue weighted by Gasteiger charge is -2.23. The molecule has 0 amide bonds. The third kappa shape index (κ3) is 2.41. The van der Waals surface area contributed by atoms with Crippen molar-refractivity contribution in [3.63, 3.8) is 0 Å². The SMILES string of the molecule is COC(=O)C1SC(N)=NC1(C)CC(=O)O. The number of carbonyl (C=O) groups excluding carboxylic acids is 1. The summed E-state index contributed by atoms with van der Waals surface area (Å²) >= 11 is 1.04. The number of hydrogen-bond donors (Lipinski definition) is 2.